The number of halogens is 2. The minimum atomic E-state index is -0.369. The Kier molecular flexibility index (Phi) is 2.79. The Labute approximate surface area is 93.8 Å². The zero-order chi connectivity index (χ0) is 10.8. The molecule has 0 amide bonds. The van der Waals surface area contributed by atoms with Gasteiger partial charge in [-0.15, -0.1) is 0 Å². The molecule has 4 nitrogen and oxygen atoms in total. The minimum Gasteiger partial charge on any atom is -0.324 e. The van der Waals surface area contributed by atoms with Crippen LogP contribution in [-0.2, 0) is 6.54 Å². The summed E-state index contributed by atoms with van der Waals surface area (Å²) < 4.78 is 14.2. The van der Waals surface area contributed by atoms with Crippen LogP contribution in [0.3, 0.4) is 0 Å². The van der Waals surface area contributed by atoms with E-state index in [-0.39, 0.29) is 12.4 Å². The molecule has 0 spiro atoms. The van der Waals surface area contributed by atoms with Crippen molar-refractivity contribution in [3.63, 3.8) is 0 Å². The first kappa shape index (κ1) is 10.3. The number of nitrogens with zero attached hydrogens (tertiary/aromatic N) is 2. The van der Waals surface area contributed by atoms with Gasteiger partial charge in [-0.25, -0.2) is 9.37 Å². The van der Waals surface area contributed by atoms with Crippen LogP contribution in [0.4, 0.5) is 4.39 Å². The largest absolute Gasteiger partial charge is 0.324 e. The van der Waals surface area contributed by atoms with Gasteiger partial charge in [0.05, 0.1) is 12.1 Å². The van der Waals surface area contributed by atoms with E-state index < -0.39 is 0 Å². The summed E-state index contributed by atoms with van der Waals surface area (Å²) in [4.78, 5) is 4.04. The van der Waals surface area contributed by atoms with Crippen molar-refractivity contribution in [2.75, 3.05) is 0 Å². The first-order valence-electron chi connectivity index (χ1n) is 4.27. The number of nitrogens with one attached hydrogen (secondary N) is 1. The highest BCUT2D eigenvalue weighted by Gasteiger charge is 2.10. The Hall–Kier alpha value is -1.27. The fourth-order valence-corrected chi connectivity index (χ4v) is 1.51. The molecular formula is C9H8BrFN4. The van der Waals surface area contributed by atoms with Gasteiger partial charge in [0.25, 0.3) is 0 Å². The van der Waals surface area contributed by atoms with Gasteiger partial charge in [-0.1, -0.05) is 15.9 Å². The zero-order valence-corrected chi connectivity index (χ0v) is 9.25. The van der Waals surface area contributed by atoms with Crippen LogP contribution in [0.1, 0.15) is 5.82 Å². The van der Waals surface area contributed by atoms with Crippen LogP contribution in [0.15, 0.2) is 22.7 Å². The van der Waals surface area contributed by atoms with Crippen LogP contribution in [0.2, 0.25) is 0 Å². The van der Waals surface area contributed by atoms with Crippen LogP contribution < -0.4 is 5.73 Å². The average molecular weight is 271 g/mol. The molecule has 1 aromatic heterocycles. The van der Waals surface area contributed by atoms with E-state index in [0.29, 0.717) is 21.7 Å². The molecule has 2 rings (SSSR count). The number of benzene rings is 1. The molecule has 0 aliphatic rings. The van der Waals surface area contributed by atoms with Gasteiger partial charge in [-0.2, -0.15) is 5.10 Å². The highest BCUT2D eigenvalue weighted by molar-refractivity contribution is 9.10. The highest BCUT2D eigenvalue weighted by Crippen LogP contribution is 2.22. The second-order valence-electron chi connectivity index (χ2n) is 2.93. The number of rotatable bonds is 2. The second kappa shape index (κ2) is 4.08. The first-order valence-corrected chi connectivity index (χ1v) is 5.07. The molecule has 2 aromatic rings. The smallest absolute Gasteiger partial charge is 0.184 e. The van der Waals surface area contributed by atoms with Crippen LogP contribution in [0.5, 0.6) is 0 Å². The first-order chi connectivity index (χ1) is 7.20. The zero-order valence-electron chi connectivity index (χ0n) is 7.67. The molecule has 0 aliphatic heterocycles. The molecule has 78 valence electrons. The average Bonchev–Trinajstić information content (AvgIpc) is 2.66. The molecule has 1 aromatic carbocycles. The van der Waals surface area contributed by atoms with Gasteiger partial charge >= 0.3 is 0 Å². The Bertz CT molecular complexity index is 483. The molecule has 6 heteroatoms. The normalized spacial score (nSPS) is 10.6. The van der Waals surface area contributed by atoms with Crippen molar-refractivity contribution < 1.29 is 4.39 Å². The van der Waals surface area contributed by atoms with Crippen molar-refractivity contribution in [1.29, 1.82) is 0 Å². The monoisotopic (exact) mass is 270 g/mol. The maximum absolute atomic E-state index is 13.5. The van der Waals surface area contributed by atoms with Gasteiger partial charge in [-0.3, -0.25) is 5.10 Å². The van der Waals surface area contributed by atoms with Crippen LogP contribution in [0, 0.1) is 5.82 Å². The van der Waals surface area contributed by atoms with Crippen molar-refractivity contribution in [1.82, 2.24) is 15.2 Å². The van der Waals surface area contributed by atoms with Crippen molar-refractivity contribution in [3.05, 3.63) is 34.3 Å². The predicted octanol–water partition coefficient (Wildman–Crippen LogP) is 1.83. The summed E-state index contributed by atoms with van der Waals surface area (Å²) >= 11 is 3.18. The summed E-state index contributed by atoms with van der Waals surface area (Å²) in [6.45, 7) is 0.255. The van der Waals surface area contributed by atoms with Gasteiger partial charge in [0.1, 0.15) is 11.6 Å². The lowest BCUT2D eigenvalue weighted by Gasteiger charge is -1.97. The molecule has 0 atom stereocenters. The van der Waals surface area contributed by atoms with Crippen molar-refractivity contribution in [2.24, 2.45) is 5.73 Å². The molecule has 0 fully saturated rings. The van der Waals surface area contributed by atoms with Crippen molar-refractivity contribution in [2.45, 2.75) is 6.54 Å². The number of H-pyrrole nitrogens is 1. The van der Waals surface area contributed by atoms with Gasteiger partial charge in [0.2, 0.25) is 0 Å². The molecule has 0 unspecified atom stereocenters. The minimum absolute atomic E-state index is 0.255. The van der Waals surface area contributed by atoms with E-state index >= 15 is 0 Å². The van der Waals surface area contributed by atoms with E-state index in [1.807, 2.05) is 0 Å². The third kappa shape index (κ3) is 2.05. The summed E-state index contributed by atoms with van der Waals surface area (Å²) in [5.41, 5.74) is 5.72. The molecule has 0 saturated heterocycles. The van der Waals surface area contributed by atoms with Crippen molar-refractivity contribution in [3.8, 4) is 11.4 Å². The number of nitrogens with two attached hydrogens (primary N) is 1. The van der Waals surface area contributed by atoms with E-state index in [2.05, 4.69) is 31.1 Å². The molecule has 3 N–H and O–H groups in total. The molecular weight excluding hydrogens is 263 g/mol. The molecule has 0 aliphatic carbocycles. The van der Waals surface area contributed by atoms with E-state index in [0.717, 1.165) is 0 Å². The Morgan fingerprint density at radius 1 is 1.47 bits per heavy atom. The predicted molar refractivity (Wildman–Crippen MR) is 57.4 cm³/mol. The number of aromatic nitrogens is 3. The molecule has 15 heavy (non-hydrogen) atoms. The maximum Gasteiger partial charge on any atom is 0.184 e. The summed E-state index contributed by atoms with van der Waals surface area (Å²) in [7, 11) is 0. The topological polar surface area (TPSA) is 67.6 Å². The van der Waals surface area contributed by atoms with Crippen molar-refractivity contribution >= 4 is 15.9 Å². The number of hydrogen-bond acceptors (Lipinski definition) is 3. The SMILES string of the molecule is NCc1nc(-c2ccc(Br)cc2F)n[nH]1. The lowest BCUT2D eigenvalue weighted by molar-refractivity contribution is 0.629. The quantitative estimate of drug-likeness (QED) is 0.875. The van der Waals surface area contributed by atoms with Crippen LogP contribution in [0.25, 0.3) is 11.4 Å². The van der Waals surface area contributed by atoms with Gasteiger partial charge < -0.3 is 5.73 Å². The molecule has 0 radical (unpaired) electrons. The summed E-state index contributed by atoms with van der Waals surface area (Å²) in [5.74, 6) is 0.486. The lowest BCUT2D eigenvalue weighted by Crippen LogP contribution is -1.98. The molecule has 1 heterocycles. The summed E-state index contributed by atoms with van der Waals surface area (Å²) in [5, 5.41) is 6.51. The maximum atomic E-state index is 13.5. The number of aromatic amines is 1. The van der Waals surface area contributed by atoms with Crippen LogP contribution in [-0.4, -0.2) is 15.2 Å². The Balaban J connectivity index is 2.44. The fourth-order valence-electron chi connectivity index (χ4n) is 1.18. The number of hydrogen-bond donors (Lipinski definition) is 2. The van der Waals surface area contributed by atoms with E-state index in [9.17, 15) is 4.39 Å². The third-order valence-electron chi connectivity index (χ3n) is 1.90. The highest BCUT2D eigenvalue weighted by atomic mass is 79.9. The third-order valence-corrected chi connectivity index (χ3v) is 2.39. The van der Waals surface area contributed by atoms with Crippen LogP contribution >= 0.6 is 15.9 Å². The van der Waals surface area contributed by atoms with Gasteiger partial charge in [0.15, 0.2) is 5.82 Å². The second-order valence-corrected chi connectivity index (χ2v) is 3.85. The Morgan fingerprint density at radius 2 is 2.27 bits per heavy atom. The van der Waals surface area contributed by atoms with E-state index in [4.69, 9.17) is 5.73 Å². The molecule has 0 bridgehead atoms. The van der Waals surface area contributed by atoms with E-state index in [1.54, 1.807) is 12.1 Å². The summed E-state index contributed by atoms with van der Waals surface area (Å²) in [6, 6.07) is 4.72. The lowest BCUT2D eigenvalue weighted by atomic mass is 10.2. The summed E-state index contributed by atoms with van der Waals surface area (Å²) in [6.07, 6.45) is 0. The Morgan fingerprint density at radius 3 is 2.87 bits per heavy atom. The fraction of sp³-hybridized carbons (Fsp3) is 0.111. The standard InChI is InChI=1S/C9H8BrFN4/c10-5-1-2-6(7(11)3-5)9-13-8(4-12)14-15-9/h1-3H,4,12H2,(H,13,14,15). The molecule has 0 saturated carbocycles. The van der Waals surface area contributed by atoms with Gasteiger partial charge in [0, 0.05) is 4.47 Å². The van der Waals surface area contributed by atoms with Gasteiger partial charge in [-0.05, 0) is 18.2 Å². The van der Waals surface area contributed by atoms with E-state index in [1.165, 1.54) is 6.07 Å².